The van der Waals surface area contributed by atoms with Gasteiger partial charge in [-0.2, -0.15) is 26.3 Å². The maximum Gasteiger partial charge on any atom is 0.416 e. The minimum absolute atomic E-state index is 0.0184. The summed E-state index contributed by atoms with van der Waals surface area (Å²) in [6.07, 6.45) is -9.29. The van der Waals surface area contributed by atoms with Gasteiger partial charge in [0.2, 0.25) is 0 Å². The predicted molar refractivity (Wildman–Crippen MR) is 143 cm³/mol. The molecule has 1 N–H and O–H groups in total. The lowest BCUT2D eigenvalue weighted by molar-refractivity contribution is -0.141. The zero-order valence-corrected chi connectivity index (χ0v) is 23.6. The molecule has 4 rings (SSSR count). The molecule has 2 heterocycles. The van der Waals surface area contributed by atoms with Gasteiger partial charge in [-0.25, -0.2) is 9.59 Å². The van der Waals surface area contributed by atoms with Crippen LogP contribution in [0.3, 0.4) is 0 Å². The third-order valence-corrected chi connectivity index (χ3v) is 7.45. The quantitative estimate of drug-likeness (QED) is 0.364. The van der Waals surface area contributed by atoms with Crippen molar-refractivity contribution in [2.24, 2.45) is 0 Å². The van der Waals surface area contributed by atoms with Crippen molar-refractivity contribution in [2.75, 3.05) is 39.8 Å². The van der Waals surface area contributed by atoms with Crippen molar-refractivity contribution in [3.8, 4) is 0 Å². The Morgan fingerprint density at radius 1 is 0.977 bits per heavy atom. The number of benzene rings is 2. The number of amides is 3. The molecular formula is C29H30F6N4O4. The van der Waals surface area contributed by atoms with E-state index in [4.69, 9.17) is 4.74 Å². The number of carbonyl (C=O) groups excluding carboxylic acids is 3. The van der Waals surface area contributed by atoms with Crippen molar-refractivity contribution < 1.29 is 45.5 Å². The summed E-state index contributed by atoms with van der Waals surface area (Å²) in [5.41, 5.74) is -2.08. The number of esters is 1. The molecule has 3 amide bonds. The van der Waals surface area contributed by atoms with Gasteiger partial charge in [0, 0.05) is 50.5 Å². The summed E-state index contributed by atoms with van der Waals surface area (Å²) in [5.74, 6) is -1.33. The van der Waals surface area contributed by atoms with E-state index in [2.05, 4.69) is 5.32 Å². The summed E-state index contributed by atoms with van der Waals surface area (Å²) < 4.78 is 85.7. The molecule has 2 aliphatic heterocycles. The first-order chi connectivity index (χ1) is 20.1. The van der Waals surface area contributed by atoms with Gasteiger partial charge in [0.25, 0.3) is 5.91 Å². The van der Waals surface area contributed by atoms with E-state index >= 15 is 0 Å². The van der Waals surface area contributed by atoms with E-state index in [1.54, 1.807) is 13.8 Å². The molecular weight excluding hydrogens is 582 g/mol. The van der Waals surface area contributed by atoms with Crippen LogP contribution in [0, 0.1) is 0 Å². The van der Waals surface area contributed by atoms with Gasteiger partial charge in [0.15, 0.2) is 0 Å². The minimum atomic E-state index is -4.75. The fourth-order valence-electron chi connectivity index (χ4n) is 5.30. The smallest absolute Gasteiger partial charge is 0.416 e. The summed E-state index contributed by atoms with van der Waals surface area (Å²) >= 11 is 0. The summed E-state index contributed by atoms with van der Waals surface area (Å²) in [4.78, 5) is 43.8. The number of piperazine rings is 1. The number of alkyl halides is 6. The molecule has 2 aromatic rings. The lowest BCUT2D eigenvalue weighted by Gasteiger charge is -2.42. The summed E-state index contributed by atoms with van der Waals surface area (Å²) in [6.45, 7) is 3.92. The number of ether oxygens (including phenoxy) is 1. The molecule has 8 nitrogen and oxygen atoms in total. The van der Waals surface area contributed by atoms with E-state index in [1.807, 2.05) is 4.90 Å². The van der Waals surface area contributed by atoms with Crippen molar-refractivity contribution in [2.45, 2.75) is 38.3 Å². The molecule has 14 heteroatoms. The molecule has 1 fully saturated rings. The van der Waals surface area contributed by atoms with Crippen molar-refractivity contribution in [3.63, 3.8) is 0 Å². The van der Waals surface area contributed by atoms with E-state index in [0.717, 1.165) is 35.2 Å². The predicted octanol–water partition coefficient (Wildman–Crippen LogP) is 5.08. The molecule has 43 heavy (non-hydrogen) atoms. The van der Waals surface area contributed by atoms with E-state index in [9.17, 15) is 40.7 Å². The summed E-state index contributed by atoms with van der Waals surface area (Å²) in [7, 11) is 1.39. The molecule has 2 aromatic carbocycles. The number of nitrogens with one attached hydrogen (secondary N) is 1. The minimum Gasteiger partial charge on any atom is -0.463 e. The largest absolute Gasteiger partial charge is 0.463 e. The van der Waals surface area contributed by atoms with Gasteiger partial charge >= 0.3 is 24.4 Å². The van der Waals surface area contributed by atoms with E-state index in [-0.39, 0.29) is 55.2 Å². The standard InChI is InChI=1S/C29H30F6N4O4/c1-4-43-26(41)23-22(37(3)27(42)36-24(23)20-7-5-6-8-21(20)29(33,34)35)16-38-13-14-39(17(2)15-38)25(40)18-9-11-19(12-10-18)28(30,31)32/h5-12,17,24H,4,13-16H2,1-3H3,(H,36,42). The summed E-state index contributed by atoms with van der Waals surface area (Å²) in [5, 5.41) is 2.50. The first-order valence-electron chi connectivity index (χ1n) is 13.4. The highest BCUT2D eigenvalue weighted by Crippen LogP contribution is 2.39. The Hall–Kier alpha value is -4.07. The third kappa shape index (κ3) is 6.79. The van der Waals surface area contributed by atoms with Crippen LogP contribution in [-0.2, 0) is 21.9 Å². The van der Waals surface area contributed by atoms with Crippen LogP contribution in [0.4, 0.5) is 31.1 Å². The average molecular weight is 613 g/mol. The number of hydrogen-bond acceptors (Lipinski definition) is 5. The molecule has 2 unspecified atom stereocenters. The maximum absolute atomic E-state index is 13.9. The number of hydrogen-bond donors (Lipinski definition) is 1. The molecule has 232 valence electrons. The van der Waals surface area contributed by atoms with Crippen LogP contribution in [0.1, 0.15) is 46.9 Å². The highest BCUT2D eigenvalue weighted by Gasteiger charge is 2.43. The number of rotatable bonds is 6. The number of halogens is 6. The van der Waals surface area contributed by atoms with Crippen LogP contribution in [-0.4, -0.2) is 78.5 Å². The van der Waals surface area contributed by atoms with Gasteiger partial charge in [-0.3, -0.25) is 14.6 Å². The molecule has 2 atom stereocenters. The van der Waals surface area contributed by atoms with E-state index < -0.39 is 53.5 Å². The SMILES string of the molecule is CCOC(=O)C1=C(CN2CCN(C(=O)c3ccc(C(F)(F)F)cc3)C(C)C2)N(C)C(=O)NC1c1ccccc1C(F)(F)F. The molecule has 0 aliphatic carbocycles. The Balaban J connectivity index is 1.62. The van der Waals surface area contributed by atoms with Crippen LogP contribution in [0.15, 0.2) is 59.8 Å². The topological polar surface area (TPSA) is 82.2 Å². The Bertz CT molecular complexity index is 1410. The van der Waals surface area contributed by atoms with Gasteiger partial charge < -0.3 is 15.0 Å². The zero-order valence-electron chi connectivity index (χ0n) is 23.6. The van der Waals surface area contributed by atoms with Gasteiger partial charge in [-0.05, 0) is 49.7 Å². The Labute approximate surface area is 243 Å². The molecule has 2 aliphatic rings. The van der Waals surface area contributed by atoms with Gasteiger partial charge in [0.1, 0.15) is 0 Å². The lowest BCUT2D eigenvalue weighted by Crippen LogP contribution is -2.56. The van der Waals surface area contributed by atoms with E-state index in [1.165, 1.54) is 30.1 Å². The van der Waals surface area contributed by atoms with Crippen LogP contribution in [0.2, 0.25) is 0 Å². The van der Waals surface area contributed by atoms with Crippen molar-refractivity contribution >= 4 is 17.9 Å². The van der Waals surface area contributed by atoms with Gasteiger partial charge in [-0.15, -0.1) is 0 Å². The normalized spacial score (nSPS) is 20.3. The first-order valence-corrected chi connectivity index (χ1v) is 13.4. The van der Waals surface area contributed by atoms with Crippen LogP contribution in [0.5, 0.6) is 0 Å². The monoisotopic (exact) mass is 612 g/mol. The second-order valence-electron chi connectivity index (χ2n) is 10.3. The maximum atomic E-state index is 13.9. The molecule has 1 saturated heterocycles. The molecule has 0 saturated carbocycles. The van der Waals surface area contributed by atoms with Crippen LogP contribution < -0.4 is 5.32 Å². The number of nitrogens with zero attached hydrogens (tertiary/aromatic N) is 3. The third-order valence-electron chi connectivity index (χ3n) is 7.45. The fourth-order valence-corrected chi connectivity index (χ4v) is 5.30. The molecule has 0 radical (unpaired) electrons. The zero-order chi connectivity index (χ0) is 31.7. The van der Waals surface area contributed by atoms with Crippen molar-refractivity contribution in [1.82, 2.24) is 20.0 Å². The first kappa shape index (κ1) is 31.9. The number of carbonyl (C=O) groups is 3. The van der Waals surface area contributed by atoms with Crippen LogP contribution in [0.25, 0.3) is 0 Å². The molecule has 0 spiro atoms. The Morgan fingerprint density at radius 2 is 1.63 bits per heavy atom. The average Bonchev–Trinajstić information content (AvgIpc) is 2.94. The Morgan fingerprint density at radius 3 is 2.21 bits per heavy atom. The van der Waals surface area contributed by atoms with Crippen LogP contribution >= 0.6 is 0 Å². The Kier molecular flexibility index (Phi) is 9.09. The fraction of sp³-hybridized carbons (Fsp3) is 0.414. The second kappa shape index (κ2) is 12.3. The highest BCUT2D eigenvalue weighted by atomic mass is 19.4. The van der Waals surface area contributed by atoms with Gasteiger partial charge in [-0.1, -0.05) is 18.2 Å². The molecule has 0 aromatic heterocycles. The number of urea groups is 1. The van der Waals surface area contributed by atoms with Gasteiger partial charge in [0.05, 0.1) is 29.3 Å². The second-order valence-corrected chi connectivity index (χ2v) is 10.3. The lowest BCUT2D eigenvalue weighted by atomic mass is 9.90. The van der Waals surface area contributed by atoms with E-state index in [0.29, 0.717) is 0 Å². The van der Waals surface area contributed by atoms with Crippen molar-refractivity contribution in [1.29, 1.82) is 0 Å². The highest BCUT2D eigenvalue weighted by molar-refractivity contribution is 5.95. The van der Waals surface area contributed by atoms with Crippen molar-refractivity contribution in [3.05, 3.63) is 82.1 Å². The summed E-state index contributed by atoms with van der Waals surface area (Å²) in [6, 6.07) is 6.02. The molecule has 0 bridgehead atoms. The number of likely N-dealkylation sites (N-methyl/N-ethyl adjacent to an activating group) is 1.